The van der Waals surface area contributed by atoms with E-state index in [0.717, 1.165) is 48.1 Å². The molecule has 0 spiro atoms. The number of hydrogen-bond acceptors (Lipinski definition) is 6. The summed E-state index contributed by atoms with van der Waals surface area (Å²) in [4.78, 5) is 30.8. The van der Waals surface area contributed by atoms with Gasteiger partial charge < -0.3 is 14.9 Å². The maximum atomic E-state index is 13.1. The summed E-state index contributed by atoms with van der Waals surface area (Å²) in [5, 5.41) is 21.9. The highest BCUT2D eigenvalue weighted by atomic mass is 16.5. The molecule has 6 heteroatoms. The fourth-order valence-corrected chi connectivity index (χ4v) is 6.36. The fraction of sp³-hybridized carbons (Fsp3) is 0.621. The van der Waals surface area contributed by atoms with Gasteiger partial charge in [-0.15, -0.1) is 0 Å². The zero-order chi connectivity index (χ0) is 25.5. The van der Waals surface area contributed by atoms with Gasteiger partial charge in [-0.25, -0.2) is 0 Å². The van der Waals surface area contributed by atoms with Gasteiger partial charge in [0.1, 0.15) is 11.9 Å². The number of carbonyl (C=O) groups is 2. The third kappa shape index (κ3) is 5.01. The number of aromatic nitrogens is 1. The van der Waals surface area contributed by atoms with Crippen LogP contribution in [0.3, 0.4) is 0 Å². The molecule has 1 aromatic heterocycles. The van der Waals surface area contributed by atoms with Crippen molar-refractivity contribution in [1.82, 2.24) is 4.98 Å². The van der Waals surface area contributed by atoms with Crippen molar-refractivity contribution in [2.24, 2.45) is 23.2 Å². The van der Waals surface area contributed by atoms with Gasteiger partial charge >= 0.3 is 5.97 Å². The molecular weight excluding hydrogens is 442 g/mol. The van der Waals surface area contributed by atoms with E-state index in [9.17, 15) is 19.8 Å². The first-order chi connectivity index (χ1) is 16.5. The monoisotopic (exact) mass is 481 g/mol. The fourth-order valence-electron chi connectivity index (χ4n) is 6.36. The van der Waals surface area contributed by atoms with E-state index in [1.807, 2.05) is 32.2 Å². The van der Waals surface area contributed by atoms with E-state index in [1.165, 1.54) is 5.57 Å². The highest BCUT2D eigenvalue weighted by Gasteiger charge is 2.52. The lowest BCUT2D eigenvalue weighted by Crippen LogP contribution is -2.54. The first-order valence-electron chi connectivity index (χ1n) is 12.9. The van der Waals surface area contributed by atoms with E-state index in [0.29, 0.717) is 6.42 Å². The highest BCUT2D eigenvalue weighted by Crippen LogP contribution is 2.46. The summed E-state index contributed by atoms with van der Waals surface area (Å²) in [6.45, 7) is 9.58. The number of aliphatic hydroxyl groups is 2. The van der Waals surface area contributed by atoms with Crippen molar-refractivity contribution in [3.63, 3.8) is 0 Å². The standard InChI is InChI=1S/C29H39NO5/c1-16-7-6-8-20-14-29(5,28(34)19(4)26(20)33)24(31)13-25(32)35-27-18(3)22(12-21(27)11-16)23-10-9-17(2)15-30-23/h9-11,15,19-21,24,26-27,31,33H,6-8,12-14H2,1-5H3/b16-11-/t19-,20-,21-,24+,26-,27-,29-/m1/s1. The van der Waals surface area contributed by atoms with Crippen LogP contribution in [0, 0.1) is 30.1 Å². The van der Waals surface area contributed by atoms with Crippen LogP contribution in [-0.2, 0) is 14.3 Å². The summed E-state index contributed by atoms with van der Waals surface area (Å²) in [7, 11) is 0. The van der Waals surface area contributed by atoms with Crippen molar-refractivity contribution >= 4 is 17.3 Å². The molecule has 1 aliphatic heterocycles. The third-order valence-electron chi connectivity index (χ3n) is 8.61. The van der Waals surface area contributed by atoms with Crippen molar-refractivity contribution in [1.29, 1.82) is 0 Å². The lowest BCUT2D eigenvalue weighted by atomic mass is 9.60. The molecular formula is C29H39NO5. The number of pyridine rings is 1. The number of carbonyl (C=O) groups excluding carboxylic acids is 2. The van der Waals surface area contributed by atoms with Crippen LogP contribution in [0.15, 0.2) is 35.6 Å². The van der Waals surface area contributed by atoms with Gasteiger partial charge in [-0.3, -0.25) is 14.6 Å². The zero-order valence-corrected chi connectivity index (χ0v) is 21.6. The van der Waals surface area contributed by atoms with Gasteiger partial charge in [0.2, 0.25) is 0 Å². The Morgan fingerprint density at radius 3 is 2.54 bits per heavy atom. The molecule has 0 aromatic carbocycles. The number of nitrogens with zero attached hydrogens (tertiary/aromatic N) is 1. The second-order valence-corrected chi connectivity index (χ2v) is 11.3. The Hall–Kier alpha value is -2.31. The predicted octanol–water partition coefficient (Wildman–Crippen LogP) is 4.57. The Kier molecular flexibility index (Phi) is 7.35. The van der Waals surface area contributed by atoms with Crippen LogP contribution in [0.1, 0.15) is 77.5 Å². The molecule has 1 fully saturated rings. The molecule has 7 atom stereocenters. The zero-order valence-electron chi connectivity index (χ0n) is 21.6. The van der Waals surface area contributed by atoms with E-state index >= 15 is 0 Å². The minimum absolute atomic E-state index is 0.000493. The molecule has 0 radical (unpaired) electrons. The first-order valence-corrected chi connectivity index (χ1v) is 12.9. The molecule has 0 unspecified atom stereocenters. The van der Waals surface area contributed by atoms with Crippen molar-refractivity contribution < 1.29 is 24.5 Å². The molecule has 3 aliphatic rings. The number of esters is 1. The number of aryl methyl sites for hydroxylation is 1. The number of rotatable bonds is 1. The Labute approximate surface area is 208 Å². The maximum absolute atomic E-state index is 13.1. The summed E-state index contributed by atoms with van der Waals surface area (Å²) in [6.07, 6.45) is 5.19. The Bertz CT molecular complexity index is 1040. The largest absolute Gasteiger partial charge is 0.457 e. The van der Waals surface area contributed by atoms with E-state index in [2.05, 4.69) is 18.0 Å². The maximum Gasteiger partial charge on any atom is 0.309 e. The number of ketones is 1. The second kappa shape index (κ2) is 9.98. The number of fused-ring (bicyclic) bond motifs is 3. The SMILES string of the molecule is CC1=C(c2ccc(C)cn2)C[C@H]2/C=C(/C)CCC[C@@H]3C[C@@](C)(C(=O)[C@H](C)[C@H]3O)[C@@H](O)CC(=O)O[C@H]12. The quantitative estimate of drug-likeness (QED) is 0.451. The smallest absolute Gasteiger partial charge is 0.309 e. The van der Waals surface area contributed by atoms with Crippen LogP contribution in [-0.4, -0.2) is 45.3 Å². The molecule has 2 heterocycles. The molecule has 4 rings (SSSR count). The van der Waals surface area contributed by atoms with Crippen LogP contribution in [0.5, 0.6) is 0 Å². The molecule has 1 saturated carbocycles. The molecule has 2 bridgehead atoms. The average molecular weight is 482 g/mol. The summed E-state index contributed by atoms with van der Waals surface area (Å²) >= 11 is 0. The van der Waals surface area contributed by atoms with Gasteiger partial charge in [0, 0.05) is 18.0 Å². The van der Waals surface area contributed by atoms with Crippen molar-refractivity contribution in [2.45, 2.75) is 91.5 Å². The average Bonchev–Trinajstić information content (AvgIpc) is 3.10. The number of hydrogen-bond donors (Lipinski definition) is 2. The molecule has 2 aliphatic carbocycles. The molecule has 0 saturated heterocycles. The second-order valence-electron chi connectivity index (χ2n) is 11.3. The van der Waals surface area contributed by atoms with Gasteiger partial charge in [0.25, 0.3) is 0 Å². The van der Waals surface area contributed by atoms with Crippen molar-refractivity contribution in [2.75, 3.05) is 0 Å². The van der Waals surface area contributed by atoms with Crippen LogP contribution >= 0.6 is 0 Å². The topological polar surface area (TPSA) is 96.7 Å². The van der Waals surface area contributed by atoms with Crippen LogP contribution in [0.25, 0.3) is 5.57 Å². The van der Waals surface area contributed by atoms with Gasteiger partial charge in [-0.1, -0.05) is 31.6 Å². The first kappa shape index (κ1) is 25.8. The molecule has 6 nitrogen and oxygen atoms in total. The Morgan fingerprint density at radius 1 is 1.11 bits per heavy atom. The summed E-state index contributed by atoms with van der Waals surface area (Å²) in [5.41, 5.74) is 4.23. The Balaban J connectivity index is 1.66. The third-order valence-corrected chi connectivity index (χ3v) is 8.61. The molecule has 2 N–H and O–H groups in total. The normalized spacial score (nSPS) is 38.3. The van der Waals surface area contributed by atoms with E-state index < -0.39 is 35.6 Å². The molecule has 0 amide bonds. The number of ether oxygens (including phenoxy) is 1. The highest BCUT2D eigenvalue weighted by molar-refractivity contribution is 5.89. The molecule has 190 valence electrons. The lowest BCUT2D eigenvalue weighted by molar-refractivity contribution is -0.162. The van der Waals surface area contributed by atoms with Crippen molar-refractivity contribution in [3.8, 4) is 0 Å². The van der Waals surface area contributed by atoms with E-state index in [4.69, 9.17) is 4.74 Å². The van der Waals surface area contributed by atoms with Gasteiger partial charge in [0.15, 0.2) is 0 Å². The Morgan fingerprint density at radius 2 is 1.86 bits per heavy atom. The van der Waals surface area contributed by atoms with Gasteiger partial charge in [-0.05, 0) is 81.6 Å². The van der Waals surface area contributed by atoms with E-state index in [-0.39, 0.29) is 24.0 Å². The summed E-state index contributed by atoms with van der Waals surface area (Å²) in [6, 6.07) is 4.05. The minimum Gasteiger partial charge on any atom is -0.457 e. The van der Waals surface area contributed by atoms with Crippen LogP contribution in [0.4, 0.5) is 0 Å². The predicted molar refractivity (Wildman–Crippen MR) is 134 cm³/mol. The van der Waals surface area contributed by atoms with Crippen LogP contribution in [0.2, 0.25) is 0 Å². The summed E-state index contributed by atoms with van der Waals surface area (Å²) < 4.78 is 6.00. The number of Topliss-reactive ketones (excluding diaryl/α,β-unsaturated/α-hetero) is 1. The van der Waals surface area contributed by atoms with Gasteiger partial charge in [-0.2, -0.15) is 0 Å². The summed E-state index contributed by atoms with van der Waals surface area (Å²) in [5.74, 6) is -1.33. The molecule has 1 aromatic rings. The van der Waals surface area contributed by atoms with Crippen molar-refractivity contribution in [3.05, 3.63) is 46.8 Å². The van der Waals surface area contributed by atoms with Crippen LogP contribution < -0.4 is 0 Å². The van der Waals surface area contributed by atoms with E-state index in [1.54, 1.807) is 13.8 Å². The number of allylic oxidation sites excluding steroid dienone is 2. The van der Waals surface area contributed by atoms with Gasteiger partial charge in [0.05, 0.1) is 29.7 Å². The molecule has 35 heavy (non-hydrogen) atoms. The lowest BCUT2D eigenvalue weighted by Gasteiger charge is -2.45. The minimum atomic E-state index is -1.15. The number of aliphatic hydroxyl groups excluding tert-OH is 2.